The highest BCUT2D eigenvalue weighted by Gasteiger charge is 2.13. The van der Waals surface area contributed by atoms with E-state index in [0.717, 1.165) is 11.1 Å². The minimum Gasteiger partial charge on any atom is -0.459 e. The van der Waals surface area contributed by atoms with E-state index in [9.17, 15) is 10.1 Å². The molecule has 0 N–H and O–H groups in total. The third-order valence-electron chi connectivity index (χ3n) is 7.87. The summed E-state index contributed by atoms with van der Waals surface area (Å²) in [6, 6.07) is 37.9. The lowest BCUT2D eigenvalue weighted by Gasteiger charge is -2.12. The second-order valence-corrected chi connectivity index (χ2v) is 11.4. The van der Waals surface area contributed by atoms with Crippen molar-refractivity contribution in [2.75, 3.05) is 0 Å². The van der Waals surface area contributed by atoms with E-state index in [0.29, 0.717) is 57.1 Å². The predicted octanol–water partition coefficient (Wildman–Crippen LogP) is 11.5. The van der Waals surface area contributed by atoms with Crippen molar-refractivity contribution in [3.05, 3.63) is 178 Å². The van der Waals surface area contributed by atoms with Crippen LogP contribution in [0.15, 0.2) is 121 Å². The van der Waals surface area contributed by atoms with E-state index >= 15 is 0 Å². The van der Waals surface area contributed by atoms with Gasteiger partial charge in [0.2, 0.25) is 0 Å². The van der Waals surface area contributed by atoms with Gasteiger partial charge in [-0.15, -0.1) is 0 Å². The third kappa shape index (κ3) is 7.72. The first-order chi connectivity index (χ1) is 25.3. The molecule has 0 spiro atoms. The molecule has 0 radical (unpaired) electrons. The summed E-state index contributed by atoms with van der Waals surface area (Å²) >= 11 is 0. The summed E-state index contributed by atoms with van der Waals surface area (Å²) in [5.41, 5.74) is 3.66. The first-order valence-electron chi connectivity index (χ1n) is 15.8. The Morgan fingerprint density at radius 3 is 1.44 bits per heavy atom. The van der Waals surface area contributed by atoms with Gasteiger partial charge in [0, 0.05) is 11.1 Å². The quantitative estimate of drug-likeness (QED) is 0.105. The molecule has 0 saturated heterocycles. The maximum atomic E-state index is 13.2. The molecule has 6 rings (SSSR count). The van der Waals surface area contributed by atoms with Crippen LogP contribution < -0.4 is 18.9 Å². The molecule has 9 nitrogen and oxygen atoms in total. The van der Waals surface area contributed by atoms with Crippen molar-refractivity contribution < 1.29 is 23.7 Å². The average molecular weight is 679 g/mol. The molecule has 52 heavy (non-hydrogen) atoms. The van der Waals surface area contributed by atoms with Crippen molar-refractivity contribution >= 4 is 17.2 Å². The smallest absolute Gasteiger partial charge is 0.198 e. The van der Waals surface area contributed by atoms with Crippen molar-refractivity contribution in [2.24, 2.45) is 0 Å². The Balaban J connectivity index is 1.05. The summed E-state index contributed by atoms with van der Waals surface area (Å²) in [6.45, 7) is 18.2. The molecule has 9 heteroatoms. The molecule has 0 unspecified atom stereocenters. The Labute approximate surface area is 300 Å². The molecular formula is C43H26N4O5. The molecule has 0 saturated carbocycles. The van der Waals surface area contributed by atoms with Crippen molar-refractivity contribution in [3.63, 3.8) is 0 Å². The number of ether oxygens (including phenoxy) is 4. The lowest BCUT2D eigenvalue weighted by molar-refractivity contribution is 0.103. The van der Waals surface area contributed by atoms with E-state index in [1.54, 1.807) is 103 Å². The van der Waals surface area contributed by atoms with Crippen molar-refractivity contribution in [1.82, 2.24) is 0 Å². The second-order valence-electron chi connectivity index (χ2n) is 11.4. The van der Waals surface area contributed by atoms with Crippen LogP contribution in [0.5, 0.6) is 46.0 Å². The van der Waals surface area contributed by atoms with Crippen molar-refractivity contribution in [2.45, 2.75) is 13.8 Å². The van der Waals surface area contributed by atoms with Gasteiger partial charge < -0.3 is 18.9 Å². The zero-order valence-electron chi connectivity index (χ0n) is 27.9. The van der Waals surface area contributed by atoms with E-state index in [1.807, 2.05) is 38.1 Å². The van der Waals surface area contributed by atoms with Crippen LogP contribution >= 0.6 is 0 Å². The second kappa shape index (κ2) is 15.1. The number of nitriles is 2. The molecule has 0 bridgehead atoms. The monoisotopic (exact) mass is 678 g/mol. The first kappa shape index (κ1) is 34.0. The van der Waals surface area contributed by atoms with Crippen molar-refractivity contribution in [1.29, 1.82) is 10.5 Å². The van der Waals surface area contributed by atoms with Gasteiger partial charge in [-0.2, -0.15) is 10.5 Å². The number of hydrogen-bond acceptors (Lipinski definition) is 7. The Morgan fingerprint density at radius 2 is 0.923 bits per heavy atom. The zero-order valence-corrected chi connectivity index (χ0v) is 27.9. The molecule has 0 aromatic heterocycles. The lowest BCUT2D eigenvalue weighted by Crippen LogP contribution is -2.01. The molecule has 6 aromatic carbocycles. The molecule has 0 aliphatic heterocycles. The Kier molecular flexibility index (Phi) is 9.91. The van der Waals surface area contributed by atoms with Gasteiger partial charge in [-0.25, -0.2) is 4.85 Å². The standard InChI is InChI=1S/C43H26N4O5/c1-27-22-36(50-38-15-18-39(46-3)40(24-38)47-4)17-19-41(27)51-34-12-7-30(8-13-34)43(48)29-5-10-33(11-6-29)49-35-16-20-42(28(2)21-35)52-37-14-9-31(25-44)32(23-37)26-45/h5-24H,1-2H3. The third-order valence-corrected chi connectivity index (χ3v) is 7.87. The number of carbonyl (C=O) groups is 1. The van der Waals surface area contributed by atoms with E-state index in [-0.39, 0.29) is 28.3 Å². The molecular weight excluding hydrogens is 652 g/mol. The van der Waals surface area contributed by atoms with Gasteiger partial charge in [-0.3, -0.25) is 9.64 Å². The molecule has 0 fully saturated rings. The molecule has 0 heterocycles. The first-order valence-corrected chi connectivity index (χ1v) is 15.8. The number of nitrogens with zero attached hydrogens (tertiary/aromatic N) is 4. The molecule has 0 atom stereocenters. The molecule has 6 aromatic rings. The van der Waals surface area contributed by atoms with Crippen LogP contribution in [0, 0.1) is 49.7 Å². The number of hydrogen-bond donors (Lipinski definition) is 0. The maximum absolute atomic E-state index is 13.2. The summed E-state index contributed by atoms with van der Waals surface area (Å²) < 4.78 is 23.9. The van der Waals surface area contributed by atoms with Gasteiger partial charge in [-0.1, -0.05) is 6.07 Å². The van der Waals surface area contributed by atoms with Gasteiger partial charge in [0.05, 0.1) is 24.3 Å². The summed E-state index contributed by atoms with van der Waals surface area (Å²) in [7, 11) is 0. The summed E-state index contributed by atoms with van der Waals surface area (Å²) in [5, 5.41) is 18.4. The lowest BCUT2D eigenvalue weighted by atomic mass is 10.0. The van der Waals surface area contributed by atoms with Gasteiger partial charge in [-0.05, 0) is 140 Å². The summed E-state index contributed by atoms with van der Waals surface area (Å²) in [4.78, 5) is 20.0. The molecule has 248 valence electrons. The van der Waals surface area contributed by atoms with Gasteiger partial charge in [0.1, 0.15) is 58.1 Å². The number of carbonyl (C=O) groups excluding carboxylic acids is 1. The Morgan fingerprint density at radius 1 is 0.500 bits per heavy atom. The average Bonchev–Trinajstić information content (AvgIpc) is 3.17. The highest BCUT2D eigenvalue weighted by atomic mass is 16.5. The number of aryl methyl sites for hydroxylation is 2. The topological polar surface area (TPSA) is 110 Å². The highest BCUT2D eigenvalue weighted by Crippen LogP contribution is 2.36. The van der Waals surface area contributed by atoms with Gasteiger partial charge in [0.15, 0.2) is 17.2 Å². The van der Waals surface area contributed by atoms with Crippen molar-refractivity contribution in [3.8, 4) is 58.1 Å². The van der Waals surface area contributed by atoms with E-state index in [4.69, 9.17) is 37.4 Å². The fourth-order valence-corrected chi connectivity index (χ4v) is 5.17. The van der Waals surface area contributed by atoms with Crippen LogP contribution in [0.4, 0.5) is 11.4 Å². The van der Waals surface area contributed by atoms with Crippen LogP contribution in [0.2, 0.25) is 0 Å². The maximum Gasteiger partial charge on any atom is 0.198 e. The normalized spacial score (nSPS) is 10.1. The molecule has 0 amide bonds. The van der Waals surface area contributed by atoms with E-state index in [1.165, 1.54) is 6.07 Å². The van der Waals surface area contributed by atoms with E-state index < -0.39 is 0 Å². The van der Waals surface area contributed by atoms with Crippen LogP contribution in [0.3, 0.4) is 0 Å². The number of ketones is 1. The highest BCUT2D eigenvalue weighted by molar-refractivity contribution is 6.09. The minimum absolute atomic E-state index is 0.152. The fourth-order valence-electron chi connectivity index (χ4n) is 5.17. The Bertz CT molecular complexity index is 2500. The Hall–Kier alpha value is -7.85. The zero-order chi connectivity index (χ0) is 36.6. The largest absolute Gasteiger partial charge is 0.459 e. The SMILES string of the molecule is [C-]#[N+]c1ccc(Oc2ccc(Oc3ccc(C(=O)c4ccc(Oc5ccc(Oc6ccc(C#N)c(C#N)c6)c(C)c5)cc4)cc3)c(C)c2)cc1[N+]#[C-]. The minimum atomic E-state index is -0.152. The van der Waals surface area contributed by atoms with Crippen LogP contribution in [0.25, 0.3) is 9.69 Å². The summed E-state index contributed by atoms with van der Waals surface area (Å²) in [5.74, 6) is 4.20. The van der Waals surface area contributed by atoms with Crippen LogP contribution in [-0.2, 0) is 0 Å². The van der Waals surface area contributed by atoms with Crippen LogP contribution in [-0.4, -0.2) is 5.78 Å². The van der Waals surface area contributed by atoms with Crippen LogP contribution in [0.1, 0.15) is 38.2 Å². The van der Waals surface area contributed by atoms with E-state index in [2.05, 4.69) is 9.69 Å². The summed E-state index contributed by atoms with van der Waals surface area (Å²) in [6.07, 6.45) is 0. The molecule has 0 aliphatic rings. The number of rotatable bonds is 10. The van der Waals surface area contributed by atoms with Gasteiger partial charge in [0.25, 0.3) is 0 Å². The predicted molar refractivity (Wildman–Crippen MR) is 194 cm³/mol. The van der Waals surface area contributed by atoms with Gasteiger partial charge >= 0.3 is 0 Å². The fraction of sp³-hybridized carbons (Fsp3) is 0.0465. The molecule has 0 aliphatic carbocycles. The number of benzene rings is 6.